The summed E-state index contributed by atoms with van der Waals surface area (Å²) in [5.41, 5.74) is 9.21. The molecule has 9 nitrogen and oxygen atoms in total. The van der Waals surface area contributed by atoms with Crippen molar-refractivity contribution >= 4 is 34.0 Å². The van der Waals surface area contributed by atoms with E-state index in [1.165, 1.54) is 6.33 Å². The average molecular weight is 567 g/mol. The van der Waals surface area contributed by atoms with Gasteiger partial charge in [-0.1, -0.05) is 18.2 Å². The van der Waals surface area contributed by atoms with Crippen molar-refractivity contribution in [3.05, 3.63) is 96.1 Å². The van der Waals surface area contributed by atoms with Crippen LogP contribution in [-0.4, -0.2) is 30.6 Å². The average Bonchev–Trinajstić information content (AvgIpc) is 3.73. The Morgan fingerprint density at radius 1 is 1.05 bits per heavy atom. The smallest absolute Gasteiger partial charge is 0.383 e. The molecule has 12 heteroatoms. The number of amides is 1. The van der Waals surface area contributed by atoms with E-state index < -0.39 is 17.6 Å². The molecule has 1 fully saturated rings. The van der Waals surface area contributed by atoms with Gasteiger partial charge in [-0.15, -0.1) is 0 Å². The van der Waals surface area contributed by atoms with Gasteiger partial charge < -0.3 is 11.1 Å². The number of hydrogen-bond acceptors (Lipinski definition) is 7. The second-order valence-electron chi connectivity index (χ2n) is 9.75. The molecule has 2 aromatic carbocycles. The van der Waals surface area contributed by atoms with E-state index in [-0.39, 0.29) is 11.4 Å². The number of allylic oxidation sites excluding steroid dienone is 2. The van der Waals surface area contributed by atoms with Crippen molar-refractivity contribution in [2.45, 2.75) is 19.0 Å². The molecule has 0 unspecified atom stereocenters. The highest BCUT2D eigenvalue weighted by molar-refractivity contribution is 6.04. The van der Waals surface area contributed by atoms with E-state index >= 15 is 0 Å². The van der Waals surface area contributed by atoms with Crippen LogP contribution in [0.4, 0.5) is 24.7 Å². The summed E-state index contributed by atoms with van der Waals surface area (Å²) in [6, 6.07) is 16.5. The standard InChI is InChI=1S/C30H21F3N8O/c31-30(32,33)21-7-3-19(4-8-21)29(42)39-22-9-5-18(6-10-22)26-25-27(35)37-16-38-28(25)41(40-26)23-11-12-36-24(14-23)20(15-34)13-17-1-2-17/h3-14,16-17H,1-2H2,(H,39,42)(H2,35,37,38). The topological polar surface area (TPSA) is 135 Å². The number of fused-ring (bicyclic) bond motifs is 1. The van der Waals surface area contributed by atoms with Gasteiger partial charge in [0.05, 0.1) is 27.9 Å². The van der Waals surface area contributed by atoms with Gasteiger partial charge in [-0.3, -0.25) is 9.78 Å². The number of aromatic nitrogens is 5. The third-order valence-corrected chi connectivity index (χ3v) is 6.79. The molecule has 0 aliphatic heterocycles. The maximum absolute atomic E-state index is 12.8. The number of alkyl halides is 3. The monoisotopic (exact) mass is 566 g/mol. The van der Waals surface area contributed by atoms with E-state index in [4.69, 9.17) is 10.8 Å². The van der Waals surface area contributed by atoms with Crippen LogP contribution in [0.5, 0.6) is 0 Å². The SMILES string of the molecule is N#CC(=CC1CC1)c1cc(-n2nc(-c3ccc(NC(=O)c4ccc(C(F)(F)F)cc4)cc3)c3c(N)ncnc32)ccn1. The number of halogens is 3. The van der Waals surface area contributed by atoms with Crippen LogP contribution >= 0.6 is 0 Å². The van der Waals surface area contributed by atoms with E-state index in [0.717, 1.165) is 37.1 Å². The third kappa shape index (κ3) is 5.27. The Hall–Kier alpha value is -5.57. The molecule has 3 aromatic heterocycles. The van der Waals surface area contributed by atoms with Crippen LogP contribution in [0.3, 0.4) is 0 Å². The van der Waals surface area contributed by atoms with Crippen LogP contribution in [0.25, 0.3) is 33.6 Å². The molecule has 1 amide bonds. The maximum atomic E-state index is 12.8. The molecule has 5 aromatic rings. The number of benzene rings is 2. The van der Waals surface area contributed by atoms with Crippen LogP contribution in [0.1, 0.15) is 34.5 Å². The number of nitrogens with zero attached hydrogens (tertiary/aromatic N) is 6. The summed E-state index contributed by atoms with van der Waals surface area (Å²) in [6.45, 7) is 0. The lowest BCUT2D eigenvalue weighted by Crippen LogP contribution is -2.12. The number of carbonyl (C=O) groups is 1. The van der Waals surface area contributed by atoms with E-state index in [9.17, 15) is 23.2 Å². The van der Waals surface area contributed by atoms with E-state index in [2.05, 4.69) is 26.3 Å². The van der Waals surface area contributed by atoms with Gasteiger partial charge in [0.2, 0.25) is 0 Å². The second-order valence-corrected chi connectivity index (χ2v) is 9.75. The molecule has 6 rings (SSSR count). The van der Waals surface area contributed by atoms with Crippen LogP contribution in [-0.2, 0) is 6.18 Å². The van der Waals surface area contributed by atoms with Gasteiger partial charge in [-0.05, 0) is 67.3 Å². The zero-order chi connectivity index (χ0) is 29.4. The highest BCUT2D eigenvalue weighted by atomic mass is 19.4. The summed E-state index contributed by atoms with van der Waals surface area (Å²) < 4.78 is 40.1. The van der Waals surface area contributed by atoms with Crippen molar-refractivity contribution in [3.8, 4) is 23.0 Å². The Bertz CT molecular complexity index is 1880. The Kier molecular flexibility index (Phi) is 6.62. The van der Waals surface area contributed by atoms with Crippen molar-refractivity contribution in [1.29, 1.82) is 5.26 Å². The second kappa shape index (κ2) is 10.4. The Balaban J connectivity index is 1.30. The van der Waals surface area contributed by atoms with Gasteiger partial charge >= 0.3 is 6.18 Å². The number of carbonyl (C=O) groups excluding carboxylic acids is 1. The van der Waals surface area contributed by atoms with Crippen LogP contribution in [0, 0.1) is 17.2 Å². The largest absolute Gasteiger partial charge is 0.416 e. The lowest BCUT2D eigenvalue weighted by atomic mass is 10.1. The fraction of sp³-hybridized carbons (Fsp3) is 0.133. The quantitative estimate of drug-likeness (QED) is 0.239. The summed E-state index contributed by atoms with van der Waals surface area (Å²) in [7, 11) is 0. The lowest BCUT2D eigenvalue weighted by molar-refractivity contribution is -0.137. The number of nitrogens with one attached hydrogen (secondary N) is 1. The molecule has 0 spiro atoms. The Morgan fingerprint density at radius 2 is 1.79 bits per heavy atom. The van der Waals surface area contributed by atoms with Crippen LogP contribution < -0.4 is 11.1 Å². The summed E-state index contributed by atoms with van der Waals surface area (Å²) in [6.07, 6.45) is 2.53. The van der Waals surface area contributed by atoms with E-state index in [0.29, 0.717) is 50.9 Å². The molecule has 42 heavy (non-hydrogen) atoms. The van der Waals surface area contributed by atoms with Gasteiger partial charge in [-0.2, -0.15) is 23.5 Å². The zero-order valence-electron chi connectivity index (χ0n) is 21.8. The first-order chi connectivity index (χ1) is 20.2. The first-order valence-electron chi connectivity index (χ1n) is 12.9. The minimum Gasteiger partial charge on any atom is -0.383 e. The summed E-state index contributed by atoms with van der Waals surface area (Å²) in [4.78, 5) is 25.5. The predicted molar refractivity (Wildman–Crippen MR) is 150 cm³/mol. The molecule has 3 heterocycles. The number of rotatable bonds is 6. The highest BCUT2D eigenvalue weighted by Crippen LogP contribution is 2.35. The van der Waals surface area contributed by atoms with Gasteiger partial charge in [0.25, 0.3) is 5.91 Å². The van der Waals surface area contributed by atoms with E-state index in [1.54, 1.807) is 47.3 Å². The zero-order valence-corrected chi connectivity index (χ0v) is 21.8. The first kappa shape index (κ1) is 26.6. The number of nitrogens with two attached hydrogens (primary N) is 1. The summed E-state index contributed by atoms with van der Waals surface area (Å²) >= 11 is 0. The van der Waals surface area contributed by atoms with Crippen molar-refractivity contribution in [2.24, 2.45) is 5.92 Å². The first-order valence-corrected chi connectivity index (χ1v) is 12.9. The molecule has 208 valence electrons. The Labute approximate surface area is 237 Å². The van der Waals surface area contributed by atoms with Crippen LogP contribution in [0.15, 0.2) is 79.3 Å². The van der Waals surface area contributed by atoms with Crippen molar-refractivity contribution < 1.29 is 18.0 Å². The molecule has 0 bridgehead atoms. The van der Waals surface area contributed by atoms with Crippen molar-refractivity contribution in [3.63, 3.8) is 0 Å². The predicted octanol–water partition coefficient (Wildman–Crippen LogP) is 6.05. The number of nitrogen functional groups attached to an aromatic ring is 1. The van der Waals surface area contributed by atoms with Crippen molar-refractivity contribution in [2.75, 3.05) is 11.1 Å². The van der Waals surface area contributed by atoms with Crippen molar-refractivity contribution in [1.82, 2.24) is 24.7 Å². The summed E-state index contributed by atoms with van der Waals surface area (Å²) in [5.74, 6) is 0.0730. The minimum atomic E-state index is -4.48. The molecule has 0 saturated heterocycles. The molecule has 0 radical (unpaired) electrons. The van der Waals surface area contributed by atoms with Gasteiger partial charge in [-0.25, -0.2) is 14.6 Å². The minimum absolute atomic E-state index is 0.0880. The van der Waals surface area contributed by atoms with Crippen LogP contribution in [0.2, 0.25) is 0 Å². The van der Waals surface area contributed by atoms with Gasteiger partial charge in [0.15, 0.2) is 5.65 Å². The van der Waals surface area contributed by atoms with Gasteiger partial charge in [0, 0.05) is 23.0 Å². The highest BCUT2D eigenvalue weighted by Gasteiger charge is 2.30. The molecule has 1 aliphatic rings. The fourth-order valence-corrected chi connectivity index (χ4v) is 4.46. The molecular formula is C30H21F3N8O. The maximum Gasteiger partial charge on any atom is 0.416 e. The third-order valence-electron chi connectivity index (χ3n) is 6.79. The molecular weight excluding hydrogens is 545 g/mol. The van der Waals surface area contributed by atoms with E-state index in [1.807, 2.05) is 6.08 Å². The molecule has 0 atom stereocenters. The number of hydrogen-bond donors (Lipinski definition) is 2. The molecule has 1 saturated carbocycles. The number of nitriles is 1. The molecule has 3 N–H and O–H groups in total. The molecule has 1 aliphatic carbocycles. The fourth-order valence-electron chi connectivity index (χ4n) is 4.46. The normalized spacial score (nSPS) is 13.6. The van der Waals surface area contributed by atoms with Gasteiger partial charge in [0.1, 0.15) is 23.9 Å². The lowest BCUT2D eigenvalue weighted by Gasteiger charge is -2.09. The number of anilines is 2. The number of pyridine rings is 1. The summed E-state index contributed by atoms with van der Waals surface area (Å²) in [5, 5.41) is 17.7. The Morgan fingerprint density at radius 3 is 2.45 bits per heavy atom.